The Hall–Kier alpha value is -3.68. The maximum absolute atomic E-state index is 12.6. The first-order valence-electron chi connectivity index (χ1n) is 11.0. The Bertz CT molecular complexity index is 1090. The van der Waals surface area contributed by atoms with Gasteiger partial charge in [0.2, 0.25) is 0 Å². The van der Waals surface area contributed by atoms with Crippen LogP contribution in [0.4, 0.5) is 4.79 Å². The summed E-state index contributed by atoms with van der Waals surface area (Å²) < 4.78 is 5.42. The van der Waals surface area contributed by atoms with Gasteiger partial charge in [-0.3, -0.25) is 9.59 Å². The van der Waals surface area contributed by atoms with Gasteiger partial charge in [0, 0.05) is 12.8 Å². The molecular formula is C25H26N2O6. The Labute approximate surface area is 191 Å². The highest BCUT2D eigenvalue weighted by Crippen LogP contribution is 2.38. The average Bonchev–Trinajstić information content (AvgIpc) is 3.32. The maximum Gasteiger partial charge on any atom is 0.408 e. The van der Waals surface area contributed by atoms with Crippen molar-refractivity contribution < 1.29 is 28.8 Å². The molecule has 1 saturated heterocycles. The fourth-order valence-electron chi connectivity index (χ4n) is 4.18. The summed E-state index contributed by atoms with van der Waals surface area (Å²) in [6, 6.07) is 13.0. The molecule has 1 fully saturated rings. The molecule has 8 nitrogen and oxygen atoms in total. The quantitative estimate of drug-likeness (QED) is 0.553. The van der Waals surface area contributed by atoms with Crippen LogP contribution in [0.25, 0.3) is 11.1 Å². The van der Waals surface area contributed by atoms with E-state index in [1.807, 2.05) is 38.1 Å². The summed E-state index contributed by atoms with van der Waals surface area (Å²) in [6.45, 7) is 3.81. The predicted octanol–water partition coefficient (Wildman–Crippen LogP) is 3.51. The van der Waals surface area contributed by atoms with Gasteiger partial charge in [-0.25, -0.2) is 9.59 Å². The van der Waals surface area contributed by atoms with Crippen molar-refractivity contribution >= 4 is 23.9 Å². The Morgan fingerprint density at radius 2 is 1.70 bits per heavy atom. The lowest BCUT2D eigenvalue weighted by Crippen LogP contribution is -2.46. The molecule has 1 atom stereocenters. The highest BCUT2D eigenvalue weighted by Gasteiger charge is 2.35. The smallest absolute Gasteiger partial charge is 0.408 e. The van der Waals surface area contributed by atoms with Crippen molar-refractivity contribution in [3.63, 3.8) is 0 Å². The summed E-state index contributed by atoms with van der Waals surface area (Å²) in [5, 5.41) is 3.00. The molecule has 1 N–H and O–H groups in total. The second kappa shape index (κ2) is 9.44. The SMILES string of the molecule is CC(C)C[C@H](NC(=O)OCc1cccc2c1Cc1ccccc1-2)C(=O)ON1C(=O)CCC1=O. The molecule has 0 bridgehead atoms. The van der Waals surface area contributed by atoms with Crippen LogP contribution in [0.15, 0.2) is 42.5 Å². The number of hydrogen-bond acceptors (Lipinski definition) is 6. The summed E-state index contributed by atoms with van der Waals surface area (Å²) >= 11 is 0. The first-order valence-corrected chi connectivity index (χ1v) is 11.0. The number of nitrogens with zero attached hydrogens (tertiary/aromatic N) is 1. The van der Waals surface area contributed by atoms with Gasteiger partial charge in [-0.2, -0.15) is 0 Å². The first kappa shape index (κ1) is 22.5. The van der Waals surface area contributed by atoms with Gasteiger partial charge in [-0.15, -0.1) is 5.06 Å². The van der Waals surface area contributed by atoms with Crippen LogP contribution in [0.5, 0.6) is 0 Å². The molecule has 0 radical (unpaired) electrons. The molecule has 4 rings (SSSR count). The van der Waals surface area contributed by atoms with Crippen LogP contribution < -0.4 is 5.32 Å². The third-order valence-electron chi connectivity index (χ3n) is 5.78. The van der Waals surface area contributed by atoms with E-state index in [2.05, 4.69) is 23.5 Å². The maximum atomic E-state index is 12.6. The van der Waals surface area contributed by atoms with Crippen molar-refractivity contribution in [1.29, 1.82) is 0 Å². The number of nitrogens with one attached hydrogen (secondary N) is 1. The van der Waals surface area contributed by atoms with Crippen molar-refractivity contribution in [3.8, 4) is 11.1 Å². The van der Waals surface area contributed by atoms with Gasteiger partial charge in [-0.05, 0) is 46.6 Å². The van der Waals surface area contributed by atoms with Crippen LogP contribution in [0.3, 0.4) is 0 Å². The second-order valence-electron chi connectivity index (χ2n) is 8.67. The summed E-state index contributed by atoms with van der Waals surface area (Å²) in [4.78, 5) is 53.5. The molecular weight excluding hydrogens is 424 g/mol. The van der Waals surface area contributed by atoms with Crippen LogP contribution in [-0.4, -0.2) is 35.0 Å². The number of hydroxylamine groups is 2. The zero-order valence-electron chi connectivity index (χ0n) is 18.6. The third-order valence-corrected chi connectivity index (χ3v) is 5.78. The van der Waals surface area contributed by atoms with Crippen molar-refractivity contribution in [2.24, 2.45) is 5.92 Å². The van der Waals surface area contributed by atoms with Gasteiger partial charge in [0.05, 0.1) is 0 Å². The third kappa shape index (κ3) is 4.89. The Kier molecular flexibility index (Phi) is 6.44. The minimum absolute atomic E-state index is 0.00168. The van der Waals surface area contributed by atoms with Crippen LogP contribution in [0.1, 0.15) is 49.8 Å². The van der Waals surface area contributed by atoms with E-state index in [0.29, 0.717) is 5.06 Å². The lowest BCUT2D eigenvalue weighted by molar-refractivity contribution is -0.199. The fourth-order valence-corrected chi connectivity index (χ4v) is 4.18. The molecule has 2 aromatic rings. The summed E-state index contributed by atoms with van der Waals surface area (Å²) in [7, 11) is 0. The van der Waals surface area contributed by atoms with E-state index in [9.17, 15) is 19.2 Å². The molecule has 1 heterocycles. The molecule has 8 heteroatoms. The molecule has 0 aromatic heterocycles. The number of ether oxygens (including phenoxy) is 1. The summed E-state index contributed by atoms with van der Waals surface area (Å²) in [5.41, 5.74) is 5.57. The van der Waals surface area contributed by atoms with E-state index in [4.69, 9.17) is 9.57 Å². The lowest BCUT2D eigenvalue weighted by Gasteiger charge is -2.21. The van der Waals surface area contributed by atoms with E-state index in [0.717, 1.165) is 23.1 Å². The number of rotatable bonds is 7. The molecule has 2 aromatic carbocycles. The lowest BCUT2D eigenvalue weighted by atomic mass is 10.0. The predicted molar refractivity (Wildman–Crippen MR) is 118 cm³/mol. The van der Waals surface area contributed by atoms with E-state index in [1.165, 1.54) is 11.1 Å². The molecule has 1 aliphatic heterocycles. The van der Waals surface area contributed by atoms with Gasteiger partial charge in [0.25, 0.3) is 11.8 Å². The molecule has 2 aliphatic rings. The van der Waals surface area contributed by atoms with Crippen molar-refractivity contribution in [2.75, 3.05) is 0 Å². The minimum Gasteiger partial charge on any atom is -0.445 e. The molecule has 0 saturated carbocycles. The van der Waals surface area contributed by atoms with Crippen LogP contribution >= 0.6 is 0 Å². The van der Waals surface area contributed by atoms with E-state index >= 15 is 0 Å². The van der Waals surface area contributed by atoms with E-state index in [1.54, 1.807) is 0 Å². The first-order chi connectivity index (χ1) is 15.8. The number of benzene rings is 2. The van der Waals surface area contributed by atoms with Gasteiger partial charge < -0.3 is 14.9 Å². The standard InChI is InChI=1S/C25H26N2O6/c1-15(2)12-21(24(30)33-27-22(28)10-11-23(27)29)26-25(31)32-14-17-7-5-9-19-18-8-4-3-6-16(18)13-20(17)19/h3-9,15,21H,10-14H2,1-2H3,(H,26,31)/t21-/m0/s1. The molecule has 1 aliphatic carbocycles. The highest BCUT2D eigenvalue weighted by atomic mass is 16.7. The van der Waals surface area contributed by atoms with Crippen molar-refractivity contribution in [1.82, 2.24) is 10.4 Å². The normalized spacial score (nSPS) is 15.3. The topological polar surface area (TPSA) is 102 Å². The van der Waals surface area contributed by atoms with Crippen molar-refractivity contribution in [2.45, 2.75) is 52.2 Å². The summed E-state index contributed by atoms with van der Waals surface area (Å²) in [5.74, 6) is -1.97. The minimum atomic E-state index is -1.05. The number of imide groups is 1. The Morgan fingerprint density at radius 3 is 2.42 bits per heavy atom. The fraction of sp³-hybridized carbons (Fsp3) is 0.360. The molecule has 172 valence electrons. The molecule has 33 heavy (non-hydrogen) atoms. The van der Waals surface area contributed by atoms with Gasteiger partial charge >= 0.3 is 12.1 Å². The van der Waals surface area contributed by atoms with E-state index in [-0.39, 0.29) is 31.8 Å². The number of fused-ring (bicyclic) bond motifs is 3. The number of alkyl carbamates (subject to hydrolysis) is 1. The van der Waals surface area contributed by atoms with Crippen molar-refractivity contribution in [3.05, 3.63) is 59.2 Å². The van der Waals surface area contributed by atoms with E-state index < -0.39 is 29.9 Å². The Balaban J connectivity index is 1.39. The highest BCUT2D eigenvalue weighted by molar-refractivity contribution is 6.01. The summed E-state index contributed by atoms with van der Waals surface area (Å²) in [6.07, 6.45) is 0.265. The largest absolute Gasteiger partial charge is 0.445 e. The zero-order chi connectivity index (χ0) is 23.5. The molecule has 3 amide bonds. The second-order valence-corrected chi connectivity index (χ2v) is 8.67. The van der Waals surface area contributed by atoms with Crippen LogP contribution in [-0.2, 0) is 37.0 Å². The van der Waals surface area contributed by atoms with Gasteiger partial charge in [-0.1, -0.05) is 56.3 Å². The number of amides is 3. The number of hydrogen-bond donors (Lipinski definition) is 1. The average molecular weight is 450 g/mol. The van der Waals surface area contributed by atoms with Gasteiger partial charge in [0.1, 0.15) is 12.6 Å². The molecule has 0 spiro atoms. The number of carbonyl (C=O) groups excluding carboxylic acids is 4. The van der Waals surface area contributed by atoms with Crippen LogP contribution in [0, 0.1) is 5.92 Å². The monoisotopic (exact) mass is 450 g/mol. The zero-order valence-corrected chi connectivity index (χ0v) is 18.6. The molecule has 0 unspecified atom stereocenters. The van der Waals surface area contributed by atoms with Crippen LogP contribution in [0.2, 0.25) is 0 Å². The Morgan fingerprint density at radius 1 is 1.00 bits per heavy atom. The van der Waals surface area contributed by atoms with Gasteiger partial charge in [0.15, 0.2) is 0 Å². The number of carbonyl (C=O) groups is 4.